The van der Waals surface area contributed by atoms with Gasteiger partial charge >= 0.3 is 0 Å². The van der Waals surface area contributed by atoms with Crippen LogP contribution in [0.1, 0.15) is 16.8 Å². The molecule has 84 valence electrons. The van der Waals surface area contributed by atoms with Gasteiger partial charge in [0.25, 0.3) is 0 Å². The number of ether oxygens (including phenoxy) is 1. The summed E-state index contributed by atoms with van der Waals surface area (Å²) >= 11 is 0. The molecule has 0 fully saturated rings. The minimum atomic E-state index is 0.170. The largest absolute Gasteiger partial charge is 0.492 e. The third-order valence-corrected chi connectivity index (χ3v) is 2.97. The molecule has 0 spiro atoms. The number of fused-ring (bicyclic) bond motifs is 1. The van der Waals surface area contributed by atoms with Gasteiger partial charge in [-0.25, -0.2) is 0 Å². The number of carbonyl (C=O) groups excluding carboxylic acids is 1. The van der Waals surface area contributed by atoms with Crippen molar-refractivity contribution in [2.75, 3.05) is 6.61 Å². The Balaban J connectivity index is 2.09. The highest BCUT2D eigenvalue weighted by atomic mass is 16.5. The molecule has 0 saturated carbocycles. The fraction of sp³-hybridized carbons (Fsp3) is 0.133. The van der Waals surface area contributed by atoms with Crippen LogP contribution in [0.4, 0.5) is 0 Å². The van der Waals surface area contributed by atoms with Gasteiger partial charge in [-0.2, -0.15) is 0 Å². The number of hydrogen-bond donors (Lipinski definition) is 0. The molecular formula is C15H12O2. The summed E-state index contributed by atoms with van der Waals surface area (Å²) in [6.45, 7) is 0.497. The van der Waals surface area contributed by atoms with E-state index in [9.17, 15) is 4.79 Å². The lowest BCUT2D eigenvalue weighted by molar-refractivity contribution is 0.0933. The van der Waals surface area contributed by atoms with Gasteiger partial charge in [-0.05, 0) is 23.3 Å². The topological polar surface area (TPSA) is 26.3 Å². The van der Waals surface area contributed by atoms with E-state index in [1.54, 1.807) is 0 Å². The summed E-state index contributed by atoms with van der Waals surface area (Å²) in [5.41, 5.74) is 2.88. The second kappa shape index (κ2) is 4.06. The highest BCUT2D eigenvalue weighted by Gasteiger charge is 2.18. The molecule has 1 aliphatic heterocycles. The smallest absolute Gasteiger partial charge is 0.170 e. The molecule has 2 aromatic carbocycles. The van der Waals surface area contributed by atoms with Crippen molar-refractivity contribution in [2.24, 2.45) is 0 Å². The first-order valence-corrected chi connectivity index (χ1v) is 5.70. The van der Waals surface area contributed by atoms with Crippen LogP contribution in [0.3, 0.4) is 0 Å². The van der Waals surface area contributed by atoms with Crippen molar-refractivity contribution in [1.29, 1.82) is 0 Å². The maximum Gasteiger partial charge on any atom is 0.170 e. The summed E-state index contributed by atoms with van der Waals surface area (Å²) in [6, 6.07) is 15.8. The zero-order valence-electron chi connectivity index (χ0n) is 9.35. The third-order valence-electron chi connectivity index (χ3n) is 2.97. The van der Waals surface area contributed by atoms with E-state index in [0.29, 0.717) is 24.3 Å². The molecule has 0 atom stereocenters. The van der Waals surface area contributed by atoms with Crippen LogP contribution in [0, 0.1) is 0 Å². The molecule has 0 amide bonds. The summed E-state index contributed by atoms with van der Waals surface area (Å²) in [5.74, 6) is 0.880. The zero-order valence-corrected chi connectivity index (χ0v) is 9.35. The monoisotopic (exact) mass is 224 g/mol. The maximum atomic E-state index is 11.8. The molecule has 1 aliphatic rings. The van der Waals surface area contributed by atoms with E-state index in [4.69, 9.17) is 4.74 Å². The Bertz CT molecular complexity index is 558. The number of carbonyl (C=O) groups is 1. The summed E-state index contributed by atoms with van der Waals surface area (Å²) in [6.07, 6.45) is 0.477. The van der Waals surface area contributed by atoms with Gasteiger partial charge in [0.1, 0.15) is 5.75 Å². The number of ketones is 1. The van der Waals surface area contributed by atoms with Crippen molar-refractivity contribution in [3.05, 3.63) is 54.1 Å². The highest BCUT2D eigenvalue weighted by molar-refractivity contribution is 6.00. The van der Waals surface area contributed by atoms with Crippen LogP contribution in [0.2, 0.25) is 0 Å². The Hall–Kier alpha value is -2.09. The van der Waals surface area contributed by atoms with Gasteiger partial charge in [0.2, 0.25) is 0 Å². The van der Waals surface area contributed by atoms with Crippen LogP contribution in [-0.2, 0) is 0 Å². The molecule has 0 aliphatic carbocycles. The van der Waals surface area contributed by atoms with Crippen molar-refractivity contribution in [3.8, 4) is 16.9 Å². The summed E-state index contributed by atoms with van der Waals surface area (Å²) < 4.78 is 5.46. The number of benzene rings is 2. The fourth-order valence-electron chi connectivity index (χ4n) is 2.07. The second-order valence-electron chi connectivity index (χ2n) is 4.10. The number of hydrogen-bond acceptors (Lipinski definition) is 2. The minimum absolute atomic E-state index is 0.170. The average Bonchev–Trinajstić information content (AvgIpc) is 2.40. The van der Waals surface area contributed by atoms with Crippen LogP contribution in [0.5, 0.6) is 5.75 Å². The molecule has 17 heavy (non-hydrogen) atoms. The predicted octanol–water partition coefficient (Wildman–Crippen LogP) is 3.32. The first-order chi connectivity index (χ1) is 8.34. The molecule has 0 N–H and O–H groups in total. The van der Waals surface area contributed by atoms with Gasteiger partial charge in [0.15, 0.2) is 5.78 Å². The molecular weight excluding hydrogens is 212 g/mol. The minimum Gasteiger partial charge on any atom is -0.492 e. The van der Waals surface area contributed by atoms with E-state index in [1.807, 2.05) is 48.5 Å². The van der Waals surface area contributed by atoms with Crippen molar-refractivity contribution in [3.63, 3.8) is 0 Å². The molecule has 1 heterocycles. The Labute approximate surface area is 99.9 Å². The molecule has 0 radical (unpaired) electrons. The SMILES string of the molecule is O=C1CCOc2ccc(-c3ccccc3)cc21. The Morgan fingerprint density at radius 2 is 1.76 bits per heavy atom. The standard InChI is InChI=1S/C15H12O2/c16-14-8-9-17-15-7-6-12(10-13(14)15)11-4-2-1-3-5-11/h1-7,10H,8-9H2. The third kappa shape index (κ3) is 1.82. The molecule has 0 unspecified atom stereocenters. The Kier molecular flexibility index (Phi) is 2.41. The number of rotatable bonds is 1. The van der Waals surface area contributed by atoms with Crippen LogP contribution in [0.15, 0.2) is 48.5 Å². The molecule has 2 nitrogen and oxygen atoms in total. The lowest BCUT2D eigenvalue weighted by Gasteiger charge is -2.16. The maximum absolute atomic E-state index is 11.8. The second-order valence-corrected chi connectivity index (χ2v) is 4.10. The molecule has 2 aromatic rings. The van der Waals surface area contributed by atoms with Crippen molar-refractivity contribution in [1.82, 2.24) is 0 Å². The van der Waals surface area contributed by atoms with Gasteiger partial charge in [0, 0.05) is 6.42 Å². The predicted molar refractivity (Wildman–Crippen MR) is 66.3 cm³/mol. The van der Waals surface area contributed by atoms with E-state index in [0.717, 1.165) is 11.1 Å². The normalized spacial score (nSPS) is 14.0. The molecule has 0 bridgehead atoms. The van der Waals surface area contributed by atoms with E-state index in [1.165, 1.54) is 0 Å². The van der Waals surface area contributed by atoms with Gasteiger partial charge in [-0.15, -0.1) is 0 Å². The molecule has 2 heteroatoms. The lowest BCUT2D eigenvalue weighted by atomic mass is 9.98. The van der Waals surface area contributed by atoms with Gasteiger partial charge in [-0.1, -0.05) is 36.4 Å². The van der Waals surface area contributed by atoms with Crippen LogP contribution in [-0.4, -0.2) is 12.4 Å². The van der Waals surface area contributed by atoms with Gasteiger partial charge < -0.3 is 4.74 Å². The van der Waals surface area contributed by atoms with Crippen LogP contribution < -0.4 is 4.74 Å². The lowest BCUT2D eigenvalue weighted by Crippen LogP contribution is -2.15. The first kappa shape index (κ1) is 10.1. The van der Waals surface area contributed by atoms with E-state index >= 15 is 0 Å². The summed E-state index contributed by atoms with van der Waals surface area (Å²) in [4.78, 5) is 11.8. The highest BCUT2D eigenvalue weighted by Crippen LogP contribution is 2.29. The quantitative estimate of drug-likeness (QED) is 0.742. The van der Waals surface area contributed by atoms with Crippen LogP contribution in [0.25, 0.3) is 11.1 Å². The van der Waals surface area contributed by atoms with Crippen molar-refractivity contribution in [2.45, 2.75) is 6.42 Å². The van der Waals surface area contributed by atoms with E-state index in [2.05, 4.69) is 0 Å². The molecule has 3 rings (SSSR count). The summed E-state index contributed by atoms with van der Waals surface area (Å²) in [7, 11) is 0. The Morgan fingerprint density at radius 1 is 0.941 bits per heavy atom. The first-order valence-electron chi connectivity index (χ1n) is 5.70. The molecule has 0 saturated heterocycles. The fourth-order valence-corrected chi connectivity index (χ4v) is 2.07. The van der Waals surface area contributed by atoms with E-state index < -0.39 is 0 Å². The van der Waals surface area contributed by atoms with E-state index in [-0.39, 0.29) is 5.78 Å². The summed E-state index contributed by atoms with van der Waals surface area (Å²) in [5, 5.41) is 0. The van der Waals surface area contributed by atoms with Crippen LogP contribution >= 0.6 is 0 Å². The van der Waals surface area contributed by atoms with Gasteiger partial charge in [-0.3, -0.25) is 4.79 Å². The van der Waals surface area contributed by atoms with Crippen molar-refractivity contribution < 1.29 is 9.53 Å². The van der Waals surface area contributed by atoms with Gasteiger partial charge in [0.05, 0.1) is 12.2 Å². The average molecular weight is 224 g/mol. The zero-order chi connectivity index (χ0) is 11.7. The Morgan fingerprint density at radius 3 is 2.59 bits per heavy atom. The number of Topliss-reactive ketones (excluding diaryl/α,β-unsaturated/α-hetero) is 1. The van der Waals surface area contributed by atoms with Crippen molar-refractivity contribution >= 4 is 5.78 Å². The molecule has 0 aromatic heterocycles.